The number of hydrogen-bond donors (Lipinski definition) is 1. The summed E-state index contributed by atoms with van der Waals surface area (Å²) < 4.78 is 42.7. The lowest BCUT2D eigenvalue weighted by Crippen LogP contribution is -2.54. The fourth-order valence-electron chi connectivity index (χ4n) is 2.40. The smallest absolute Gasteiger partial charge is 0.387 e. The highest BCUT2D eigenvalue weighted by atomic mass is 19.3. The van der Waals surface area contributed by atoms with Crippen LogP contribution in [0.5, 0.6) is 5.75 Å². The number of rotatable bonds is 4. The molecule has 1 aromatic carbocycles. The lowest BCUT2D eigenvalue weighted by atomic mass is 9.75. The second-order valence-corrected chi connectivity index (χ2v) is 6.83. The van der Waals surface area contributed by atoms with Crippen molar-refractivity contribution in [3.8, 4) is 5.75 Å². The Labute approximate surface area is 137 Å². The minimum Gasteiger partial charge on any atom is -0.434 e. The highest BCUT2D eigenvalue weighted by Crippen LogP contribution is 2.36. The van der Waals surface area contributed by atoms with Gasteiger partial charge >= 0.3 is 12.6 Å². The number of nitrogens with one attached hydrogen (secondary N) is 1. The third-order valence-corrected chi connectivity index (χ3v) is 4.34. The quantitative estimate of drug-likeness (QED) is 0.853. The molecule has 1 N–H and O–H groups in total. The molecular formula is C16H19F3N2O3. The predicted octanol–water partition coefficient (Wildman–Crippen LogP) is 3.28. The van der Waals surface area contributed by atoms with Gasteiger partial charge in [0.05, 0.1) is 6.54 Å². The van der Waals surface area contributed by atoms with E-state index in [0.29, 0.717) is 0 Å². The number of alkyl halides is 2. The highest BCUT2D eigenvalue weighted by Gasteiger charge is 2.54. The zero-order valence-electron chi connectivity index (χ0n) is 13.8. The average Bonchev–Trinajstić information content (AvgIpc) is 2.65. The molecule has 1 aliphatic heterocycles. The Morgan fingerprint density at radius 3 is 2.42 bits per heavy atom. The SMILES string of the molecule is CC(C)(C)C1(C)NC(=O)N(Cc2cc(F)ccc2OC(F)F)C1=O. The number of halogens is 3. The first kappa shape index (κ1) is 18.1. The molecule has 3 amide bonds. The molecule has 1 saturated heterocycles. The van der Waals surface area contributed by atoms with Gasteiger partial charge in [-0.05, 0) is 30.5 Å². The van der Waals surface area contributed by atoms with Crippen molar-refractivity contribution in [3.63, 3.8) is 0 Å². The molecule has 1 fully saturated rings. The fourth-order valence-corrected chi connectivity index (χ4v) is 2.40. The number of ether oxygens (including phenoxy) is 1. The Balaban J connectivity index is 2.33. The zero-order valence-corrected chi connectivity index (χ0v) is 13.8. The van der Waals surface area contributed by atoms with Gasteiger partial charge in [-0.2, -0.15) is 8.78 Å². The van der Waals surface area contributed by atoms with Crippen LogP contribution in [0.25, 0.3) is 0 Å². The molecule has 0 saturated carbocycles. The molecule has 24 heavy (non-hydrogen) atoms. The Bertz CT molecular complexity index is 673. The van der Waals surface area contributed by atoms with Crippen molar-refractivity contribution in [2.45, 2.75) is 46.4 Å². The van der Waals surface area contributed by atoms with Gasteiger partial charge in [-0.25, -0.2) is 9.18 Å². The molecule has 2 rings (SSSR count). The molecule has 5 nitrogen and oxygen atoms in total. The molecule has 1 atom stereocenters. The number of benzene rings is 1. The summed E-state index contributed by atoms with van der Waals surface area (Å²) in [4.78, 5) is 25.7. The first-order chi connectivity index (χ1) is 11.0. The molecule has 0 aliphatic carbocycles. The number of imide groups is 1. The Morgan fingerprint density at radius 2 is 1.92 bits per heavy atom. The second-order valence-electron chi connectivity index (χ2n) is 6.83. The van der Waals surface area contributed by atoms with Crippen LogP contribution in [-0.4, -0.2) is 29.0 Å². The summed E-state index contributed by atoms with van der Waals surface area (Å²) in [5.74, 6) is -1.47. The molecule has 1 heterocycles. The molecular weight excluding hydrogens is 325 g/mol. The van der Waals surface area contributed by atoms with E-state index in [-0.39, 0.29) is 17.9 Å². The van der Waals surface area contributed by atoms with Gasteiger partial charge in [0.2, 0.25) is 0 Å². The summed E-state index contributed by atoms with van der Waals surface area (Å²) in [6, 6.07) is 2.31. The van der Waals surface area contributed by atoms with Gasteiger partial charge in [-0.15, -0.1) is 0 Å². The van der Waals surface area contributed by atoms with E-state index in [4.69, 9.17) is 0 Å². The third-order valence-electron chi connectivity index (χ3n) is 4.34. The maximum Gasteiger partial charge on any atom is 0.387 e. The van der Waals surface area contributed by atoms with Crippen LogP contribution in [0.2, 0.25) is 0 Å². The van der Waals surface area contributed by atoms with Crippen LogP contribution in [0.1, 0.15) is 33.3 Å². The summed E-state index contributed by atoms with van der Waals surface area (Å²) in [5, 5.41) is 2.62. The van der Waals surface area contributed by atoms with Crippen molar-refractivity contribution in [1.29, 1.82) is 0 Å². The molecule has 1 aliphatic rings. The van der Waals surface area contributed by atoms with E-state index in [1.54, 1.807) is 27.7 Å². The molecule has 0 spiro atoms. The van der Waals surface area contributed by atoms with Crippen molar-refractivity contribution in [1.82, 2.24) is 10.2 Å². The van der Waals surface area contributed by atoms with E-state index < -0.39 is 35.3 Å². The molecule has 132 valence electrons. The van der Waals surface area contributed by atoms with E-state index in [0.717, 1.165) is 23.1 Å². The molecule has 1 unspecified atom stereocenters. The first-order valence-corrected chi connectivity index (χ1v) is 7.33. The van der Waals surface area contributed by atoms with E-state index in [1.165, 1.54) is 0 Å². The number of urea groups is 1. The predicted molar refractivity (Wildman–Crippen MR) is 80.0 cm³/mol. The van der Waals surface area contributed by atoms with Gasteiger partial charge in [0.25, 0.3) is 5.91 Å². The van der Waals surface area contributed by atoms with Crippen molar-refractivity contribution in [2.75, 3.05) is 0 Å². The van der Waals surface area contributed by atoms with E-state index in [2.05, 4.69) is 10.1 Å². The third kappa shape index (κ3) is 3.18. The normalized spacial score (nSPS) is 21.4. The van der Waals surface area contributed by atoms with E-state index >= 15 is 0 Å². The Kier molecular flexibility index (Phi) is 4.52. The summed E-state index contributed by atoms with van der Waals surface area (Å²) in [6.07, 6.45) is 0. The number of hydrogen-bond acceptors (Lipinski definition) is 3. The maximum atomic E-state index is 13.4. The average molecular weight is 344 g/mol. The van der Waals surface area contributed by atoms with Crippen molar-refractivity contribution in [3.05, 3.63) is 29.6 Å². The maximum absolute atomic E-state index is 13.4. The topological polar surface area (TPSA) is 58.6 Å². The van der Waals surface area contributed by atoms with Crippen LogP contribution in [0, 0.1) is 11.2 Å². The first-order valence-electron chi connectivity index (χ1n) is 7.33. The summed E-state index contributed by atoms with van der Waals surface area (Å²) in [7, 11) is 0. The van der Waals surface area contributed by atoms with Crippen LogP contribution in [0.15, 0.2) is 18.2 Å². The van der Waals surface area contributed by atoms with Gasteiger partial charge in [0.15, 0.2) is 0 Å². The monoisotopic (exact) mass is 344 g/mol. The van der Waals surface area contributed by atoms with Crippen LogP contribution in [-0.2, 0) is 11.3 Å². The van der Waals surface area contributed by atoms with Gasteiger partial charge in [0.1, 0.15) is 17.1 Å². The number of carbonyl (C=O) groups excluding carboxylic acids is 2. The van der Waals surface area contributed by atoms with Crippen molar-refractivity contribution in [2.24, 2.45) is 5.41 Å². The van der Waals surface area contributed by atoms with E-state index in [9.17, 15) is 22.8 Å². The molecule has 0 aromatic heterocycles. The van der Waals surface area contributed by atoms with Crippen LogP contribution < -0.4 is 10.1 Å². The lowest BCUT2D eigenvalue weighted by molar-refractivity contribution is -0.134. The molecule has 8 heteroatoms. The molecule has 0 radical (unpaired) electrons. The standard InChI is InChI=1S/C16H19F3N2O3/c1-15(2,3)16(4)12(22)21(14(23)20-16)8-9-7-10(17)5-6-11(9)24-13(18)19/h5-7,13H,8H2,1-4H3,(H,20,23). The molecule has 1 aromatic rings. The lowest BCUT2D eigenvalue weighted by Gasteiger charge is -2.35. The van der Waals surface area contributed by atoms with Gasteiger partial charge in [-0.1, -0.05) is 20.8 Å². The van der Waals surface area contributed by atoms with Crippen LogP contribution >= 0.6 is 0 Å². The fraction of sp³-hybridized carbons (Fsp3) is 0.500. The number of nitrogens with zero attached hydrogens (tertiary/aromatic N) is 1. The molecule has 0 bridgehead atoms. The number of amides is 3. The van der Waals surface area contributed by atoms with Gasteiger partial charge in [0, 0.05) is 5.56 Å². The Morgan fingerprint density at radius 1 is 1.29 bits per heavy atom. The van der Waals surface area contributed by atoms with Gasteiger partial charge < -0.3 is 10.1 Å². The second kappa shape index (κ2) is 5.99. The van der Waals surface area contributed by atoms with Crippen LogP contribution in [0.3, 0.4) is 0 Å². The number of carbonyl (C=O) groups is 2. The minimum atomic E-state index is -3.10. The zero-order chi connectivity index (χ0) is 18.3. The van der Waals surface area contributed by atoms with Crippen molar-refractivity contribution >= 4 is 11.9 Å². The summed E-state index contributed by atoms with van der Waals surface area (Å²) in [5.41, 5.74) is -1.74. The van der Waals surface area contributed by atoms with Crippen molar-refractivity contribution < 1.29 is 27.5 Å². The van der Waals surface area contributed by atoms with E-state index in [1.807, 2.05) is 0 Å². The highest BCUT2D eigenvalue weighted by molar-refractivity contribution is 6.07. The summed E-state index contributed by atoms with van der Waals surface area (Å²) in [6.45, 7) is 3.51. The summed E-state index contributed by atoms with van der Waals surface area (Å²) >= 11 is 0. The largest absolute Gasteiger partial charge is 0.434 e. The van der Waals surface area contributed by atoms with Crippen LogP contribution in [0.4, 0.5) is 18.0 Å². The minimum absolute atomic E-state index is 0.0167. The van der Waals surface area contributed by atoms with Gasteiger partial charge in [-0.3, -0.25) is 9.69 Å². The Hall–Kier alpha value is -2.25.